The Kier molecular flexibility index (Phi) is 15.4. The van der Waals surface area contributed by atoms with E-state index in [9.17, 15) is 0 Å². The van der Waals surface area contributed by atoms with E-state index < -0.39 is 0 Å². The topological polar surface area (TPSA) is 3.24 Å². The molecule has 1 unspecified atom stereocenters. The van der Waals surface area contributed by atoms with Crippen LogP contribution in [0.4, 0.5) is 0 Å². The first-order valence-electron chi connectivity index (χ1n) is 2.31. The van der Waals surface area contributed by atoms with Crippen molar-refractivity contribution in [1.82, 2.24) is 4.90 Å². The van der Waals surface area contributed by atoms with Crippen molar-refractivity contribution in [3.8, 4) is 0 Å². The fraction of sp³-hybridized carbons (Fsp3) is 1.00. The molecule has 54 valence electrons. The van der Waals surface area contributed by atoms with Crippen LogP contribution in [0.25, 0.3) is 0 Å². The molecule has 0 rings (SSSR count). The zero-order valence-electron chi connectivity index (χ0n) is 5.84. The molecule has 8 heavy (non-hydrogen) atoms. The van der Waals surface area contributed by atoms with Crippen molar-refractivity contribution in [2.45, 2.75) is 12.6 Å². The lowest BCUT2D eigenvalue weighted by Crippen LogP contribution is -2.23. The summed E-state index contributed by atoms with van der Waals surface area (Å²) >= 11 is 0. The quantitative estimate of drug-likeness (QED) is 0.512. The molecule has 0 N–H and O–H groups in total. The average molecular weight is 176 g/mol. The Morgan fingerprint density at radius 2 is 1.38 bits per heavy atom. The van der Waals surface area contributed by atoms with Gasteiger partial charge in [-0.2, -0.15) is 0 Å². The van der Waals surface area contributed by atoms with E-state index in [2.05, 4.69) is 25.9 Å². The molecule has 0 aliphatic carbocycles. The number of halogens is 2. The number of nitrogens with zero attached hydrogens (tertiary/aromatic N) is 1. The molecule has 0 radical (unpaired) electrons. The van der Waals surface area contributed by atoms with Gasteiger partial charge in [-0.3, -0.25) is 0 Å². The molecule has 0 aromatic carbocycles. The van der Waals surface area contributed by atoms with Gasteiger partial charge >= 0.3 is 0 Å². The average Bonchev–Trinajstić information content (AvgIpc) is 1.36. The van der Waals surface area contributed by atoms with Gasteiger partial charge in [0.2, 0.25) is 0 Å². The zero-order chi connectivity index (χ0) is 5.15. The van der Waals surface area contributed by atoms with E-state index in [1.807, 2.05) is 0 Å². The summed E-state index contributed by atoms with van der Waals surface area (Å²) in [5.41, 5.74) is 0.824. The summed E-state index contributed by atoms with van der Waals surface area (Å²) in [6.07, 6.45) is 0. The van der Waals surface area contributed by atoms with E-state index in [1.54, 1.807) is 0 Å². The van der Waals surface area contributed by atoms with Gasteiger partial charge in [-0.15, -0.1) is 24.8 Å². The van der Waals surface area contributed by atoms with Crippen LogP contribution in [0.1, 0.15) is 6.92 Å². The maximum Gasteiger partial charge on any atom is 0.0240 e. The highest BCUT2D eigenvalue weighted by Crippen LogP contribution is 1.78. The first-order valence-corrected chi connectivity index (χ1v) is 3.46. The van der Waals surface area contributed by atoms with Crippen LogP contribution in [-0.2, 0) is 0 Å². The lowest BCUT2D eigenvalue weighted by atomic mass is 10.7. The predicted molar refractivity (Wildman–Crippen MR) is 47.6 cm³/mol. The highest BCUT2D eigenvalue weighted by molar-refractivity contribution is 6.11. The summed E-state index contributed by atoms with van der Waals surface area (Å²) < 4.78 is 0. The van der Waals surface area contributed by atoms with Crippen molar-refractivity contribution in [2.75, 3.05) is 14.1 Å². The van der Waals surface area contributed by atoms with E-state index in [1.165, 1.54) is 10.2 Å². The minimum Gasteiger partial charge on any atom is -0.310 e. The fourth-order valence-electron chi connectivity index (χ4n) is 0. The van der Waals surface area contributed by atoms with Gasteiger partial charge in [-0.25, -0.2) is 0 Å². The van der Waals surface area contributed by atoms with Crippen molar-refractivity contribution in [3.05, 3.63) is 0 Å². The van der Waals surface area contributed by atoms with Crippen LogP contribution in [-0.4, -0.2) is 34.9 Å². The van der Waals surface area contributed by atoms with Gasteiger partial charge in [0.1, 0.15) is 0 Å². The largest absolute Gasteiger partial charge is 0.310 e. The molecular formula is C4H15Cl2NSi. The summed E-state index contributed by atoms with van der Waals surface area (Å²) in [5.74, 6) is 0. The highest BCUT2D eigenvalue weighted by atomic mass is 35.5. The highest BCUT2D eigenvalue weighted by Gasteiger charge is 1.90. The molecule has 1 nitrogen and oxygen atoms in total. The summed E-state index contributed by atoms with van der Waals surface area (Å²) in [6.45, 7) is 2.23. The number of rotatable bonds is 1. The molecule has 0 saturated heterocycles. The molecule has 0 bridgehead atoms. The van der Waals surface area contributed by atoms with Crippen molar-refractivity contribution in [3.63, 3.8) is 0 Å². The van der Waals surface area contributed by atoms with Crippen molar-refractivity contribution in [1.29, 1.82) is 0 Å². The van der Waals surface area contributed by atoms with E-state index in [4.69, 9.17) is 0 Å². The van der Waals surface area contributed by atoms with Crippen molar-refractivity contribution < 1.29 is 0 Å². The summed E-state index contributed by atoms with van der Waals surface area (Å²) in [6, 6.07) is 0. The molecule has 0 aliphatic rings. The fourth-order valence-corrected chi connectivity index (χ4v) is 0. The zero-order valence-corrected chi connectivity index (χ0v) is 9.47. The van der Waals surface area contributed by atoms with Crippen LogP contribution >= 0.6 is 24.8 Å². The Labute approximate surface area is 67.1 Å². The standard InChI is InChI=1S/C4H13NSi.2ClH/c1-4(6)5(2)3;;/h4H,1-3,6H3;2*1H. The van der Waals surface area contributed by atoms with E-state index in [-0.39, 0.29) is 24.8 Å². The van der Waals surface area contributed by atoms with Crippen LogP contribution in [0.15, 0.2) is 0 Å². The third kappa shape index (κ3) is 9.90. The van der Waals surface area contributed by atoms with Crippen LogP contribution in [0, 0.1) is 0 Å². The van der Waals surface area contributed by atoms with Gasteiger partial charge in [-0.1, -0.05) is 6.92 Å². The molecule has 0 aromatic rings. The maximum absolute atomic E-state index is 2.23. The van der Waals surface area contributed by atoms with Gasteiger partial charge in [0, 0.05) is 10.2 Å². The molecule has 0 amide bonds. The smallest absolute Gasteiger partial charge is 0.0240 e. The van der Waals surface area contributed by atoms with Gasteiger partial charge in [0.15, 0.2) is 0 Å². The van der Waals surface area contributed by atoms with Crippen LogP contribution < -0.4 is 0 Å². The predicted octanol–water partition coefficient (Wildman–Crippen LogP) is 0.103. The second-order valence-electron chi connectivity index (χ2n) is 2.06. The number of hydrogen-bond donors (Lipinski definition) is 0. The Balaban J connectivity index is -0.000000125. The Morgan fingerprint density at radius 3 is 1.38 bits per heavy atom. The summed E-state index contributed by atoms with van der Waals surface area (Å²) in [4.78, 5) is 2.23. The normalized spacial score (nSPS) is 12.0. The minimum atomic E-state index is 0. The van der Waals surface area contributed by atoms with Gasteiger partial charge in [0.25, 0.3) is 0 Å². The second-order valence-corrected chi connectivity index (χ2v) is 3.73. The number of hydrogen-bond acceptors (Lipinski definition) is 1. The van der Waals surface area contributed by atoms with E-state index >= 15 is 0 Å². The van der Waals surface area contributed by atoms with Crippen molar-refractivity contribution >= 4 is 35.1 Å². The summed E-state index contributed by atoms with van der Waals surface area (Å²) in [7, 11) is 5.50. The lowest BCUT2D eigenvalue weighted by molar-refractivity contribution is 0.395. The molecule has 1 atom stereocenters. The third-order valence-electron chi connectivity index (χ3n) is 1.03. The summed E-state index contributed by atoms with van der Waals surface area (Å²) in [5, 5.41) is 0. The first-order chi connectivity index (χ1) is 2.64. The van der Waals surface area contributed by atoms with Crippen LogP contribution in [0.3, 0.4) is 0 Å². The monoisotopic (exact) mass is 175 g/mol. The lowest BCUT2D eigenvalue weighted by Gasteiger charge is -2.12. The molecule has 0 aromatic heterocycles. The first kappa shape index (κ1) is 15.9. The molecule has 0 heterocycles. The molecule has 0 aliphatic heterocycles. The maximum atomic E-state index is 2.23. The van der Waals surface area contributed by atoms with E-state index in [0.717, 1.165) is 5.67 Å². The molecule has 0 spiro atoms. The third-order valence-corrected chi connectivity index (χ3v) is 2.07. The molecule has 4 heteroatoms. The van der Waals surface area contributed by atoms with Gasteiger partial charge < -0.3 is 4.90 Å². The minimum absolute atomic E-state index is 0. The van der Waals surface area contributed by atoms with Gasteiger partial charge in [0.05, 0.1) is 0 Å². The second kappa shape index (κ2) is 7.76. The Morgan fingerprint density at radius 1 is 1.25 bits per heavy atom. The van der Waals surface area contributed by atoms with Gasteiger partial charge in [-0.05, 0) is 19.8 Å². The van der Waals surface area contributed by atoms with E-state index in [0.29, 0.717) is 0 Å². The Hall–Kier alpha value is 0.757. The molecular weight excluding hydrogens is 161 g/mol. The SMILES string of the molecule is CC([SiH3])N(C)C.Cl.Cl. The molecule has 0 saturated carbocycles. The van der Waals surface area contributed by atoms with Crippen molar-refractivity contribution in [2.24, 2.45) is 0 Å². The Bertz CT molecular complexity index is 35.0. The molecule has 0 fully saturated rings. The van der Waals surface area contributed by atoms with Crippen LogP contribution in [0.5, 0.6) is 0 Å². The van der Waals surface area contributed by atoms with Crippen LogP contribution in [0.2, 0.25) is 0 Å².